The van der Waals surface area contributed by atoms with Crippen LogP contribution in [0.4, 0.5) is 0 Å². The first-order valence-corrected chi connectivity index (χ1v) is 10.3. The molecule has 0 saturated carbocycles. The number of fused-ring (bicyclic) bond motifs is 2. The van der Waals surface area contributed by atoms with Gasteiger partial charge in [0.2, 0.25) is 0 Å². The highest BCUT2D eigenvalue weighted by Gasteiger charge is 2.46. The van der Waals surface area contributed by atoms with E-state index in [2.05, 4.69) is 51.4 Å². The molecule has 2 aliphatic rings. The Morgan fingerprint density at radius 1 is 1.11 bits per heavy atom. The lowest BCUT2D eigenvalue weighted by molar-refractivity contribution is -0.0465. The molecule has 0 amide bonds. The zero-order chi connectivity index (χ0) is 19.0. The second kappa shape index (κ2) is 7.18. The average molecular weight is 377 g/mol. The Balaban J connectivity index is 1.51. The average Bonchev–Trinajstić information content (AvgIpc) is 3.39. The Labute approximate surface area is 165 Å². The highest BCUT2D eigenvalue weighted by Crippen LogP contribution is 2.43. The maximum absolute atomic E-state index is 5.74. The molecule has 28 heavy (non-hydrogen) atoms. The quantitative estimate of drug-likeness (QED) is 0.701. The number of aryl methyl sites for hydroxylation is 1. The molecule has 3 aromatic rings. The first-order chi connectivity index (χ1) is 13.8. The first kappa shape index (κ1) is 17.6. The van der Waals surface area contributed by atoms with Crippen molar-refractivity contribution in [2.75, 3.05) is 19.8 Å². The molecular weight excluding hydrogens is 350 g/mol. The Morgan fingerprint density at radius 2 is 1.93 bits per heavy atom. The van der Waals surface area contributed by atoms with E-state index in [4.69, 9.17) is 14.7 Å². The molecular formula is C22H27N5O. The van der Waals surface area contributed by atoms with Gasteiger partial charge < -0.3 is 13.9 Å². The van der Waals surface area contributed by atoms with Gasteiger partial charge in [-0.1, -0.05) is 18.2 Å². The molecule has 4 heterocycles. The number of benzene rings is 1. The highest BCUT2D eigenvalue weighted by atomic mass is 16.5. The lowest BCUT2D eigenvalue weighted by Gasteiger charge is -2.48. The van der Waals surface area contributed by atoms with Crippen molar-refractivity contribution in [1.29, 1.82) is 0 Å². The molecule has 0 atom stereocenters. The lowest BCUT2D eigenvalue weighted by atomic mass is 9.80. The van der Waals surface area contributed by atoms with Crippen LogP contribution in [-0.2, 0) is 29.8 Å². The van der Waals surface area contributed by atoms with Gasteiger partial charge in [-0.15, -0.1) is 0 Å². The Morgan fingerprint density at radius 3 is 2.71 bits per heavy atom. The minimum absolute atomic E-state index is 0.0419. The minimum Gasteiger partial charge on any atom is -0.381 e. The monoisotopic (exact) mass is 377 g/mol. The molecule has 0 N–H and O–H groups in total. The van der Waals surface area contributed by atoms with Crippen LogP contribution in [0.5, 0.6) is 0 Å². The van der Waals surface area contributed by atoms with Crippen molar-refractivity contribution in [3.63, 3.8) is 0 Å². The molecule has 0 bridgehead atoms. The molecule has 2 aromatic heterocycles. The van der Waals surface area contributed by atoms with Gasteiger partial charge >= 0.3 is 0 Å². The van der Waals surface area contributed by atoms with E-state index in [-0.39, 0.29) is 5.54 Å². The van der Waals surface area contributed by atoms with Crippen molar-refractivity contribution in [3.8, 4) is 5.69 Å². The Kier molecular flexibility index (Phi) is 4.53. The van der Waals surface area contributed by atoms with Crippen molar-refractivity contribution in [2.45, 2.75) is 44.8 Å². The normalized spacial score (nSPS) is 19.0. The predicted octanol–water partition coefficient (Wildman–Crippen LogP) is 3.15. The third-order valence-corrected chi connectivity index (χ3v) is 6.36. The molecule has 1 saturated heterocycles. The van der Waals surface area contributed by atoms with Crippen LogP contribution in [0.3, 0.4) is 0 Å². The number of aromatic nitrogens is 4. The van der Waals surface area contributed by atoms with E-state index in [1.807, 2.05) is 18.6 Å². The fourth-order valence-corrected chi connectivity index (χ4v) is 4.87. The van der Waals surface area contributed by atoms with Crippen molar-refractivity contribution < 1.29 is 4.74 Å². The second-order valence-electron chi connectivity index (χ2n) is 7.69. The molecule has 0 aliphatic carbocycles. The van der Waals surface area contributed by atoms with E-state index in [1.165, 1.54) is 11.4 Å². The third-order valence-electron chi connectivity index (χ3n) is 6.36. The summed E-state index contributed by atoms with van der Waals surface area (Å²) in [5.74, 6) is 1.08. The van der Waals surface area contributed by atoms with Gasteiger partial charge in [0.25, 0.3) is 0 Å². The topological polar surface area (TPSA) is 48.1 Å². The van der Waals surface area contributed by atoms with Gasteiger partial charge in [0.05, 0.1) is 24.1 Å². The largest absolute Gasteiger partial charge is 0.381 e. The van der Waals surface area contributed by atoms with Crippen molar-refractivity contribution >= 4 is 0 Å². The number of imidazole rings is 2. The summed E-state index contributed by atoms with van der Waals surface area (Å²) in [7, 11) is 0. The van der Waals surface area contributed by atoms with Crippen LogP contribution in [0.15, 0.2) is 49.1 Å². The number of ether oxygens (including phenoxy) is 1. The van der Waals surface area contributed by atoms with E-state index in [1.54, 1.807) is 0 Å². The van der Waals surface area contributed by atoms with Gasteiger partial charge in [-0.2, -0.15) is 0 Å². The minimum atomic E-state index is -0.0419. The van der Waals surface area contributed by atoms with Crippen LogP contribution in [-0.4, -0.2) is 43.8 Å². The molecule has 6 heteroatoms. The number of para-hydroxylation sites is 1. The van der Waals surface area contributed by atoms with Gasteiger partial charge in [-0.05, 0) is 31.9 Å². The van der Waals surface area contributed by atoms with Crippen LogP contribution in [0.25, 0.3) is 5.69 Å². The molecule has 0 unspecified atom stereocenters. The Bertz CT molecular complexity index is 939. The number of hydrogen-bond acceptors (Lipinski definition) is 4. The molecule has 5 rings (SSSR count). The standard InChI is InChI=1S/C22H27N5O/c1-2-25-17-24-21-19(25)8-12-26(22(21)9-14-28-15-10-22)16-20-23-11-13-27(20)18-6-4-3-5-7-18/h3-7,11,13,17H,2,8-10,12,14-16H2,1H3. The molecule has 2 aliphatic heterocycles. The zero-order valence-corrected chi connectivity index (χ0v) is 16.4. The van der Waals surface area contributed by atoms with E-state index in [9.17, 15) is 0 Å². The summed E-state index contributed by atoms with van der Waals surface area (Å²) >= 11 is 0. The summed E-state index contributed by atoms with van der Waals surface area (Å²) in [5.41, 5.74) is 3.79. The first-order valence-electron chi connectivity index (χ1n) is 10.3. The molecule has 0 radical (unpaired) electrons. The number of nitrogens with zero attached hydrogens (tertiary/aromatic N) is 5. The molecule has 1 aromatic carbocycles. The Hall–Kier alpha value is -2.44. The maximum Gasteiger partial charge on any atom is 0.127 e. The maximum atomic E-state index is 5.74. The van der Waals surface area contributed by atoms with Crippen LogP contribution in [0.2, 0.25) is 0 Å². The van der Waals surface area contributed by atoms with Crippen molar-refractivity contribution in [1.82, 2.24) is 24.0 Å². The SMILES string of the molecule is CCn1cnc2c1CCN(Cc1nccn1-c1ccccc1)C21CCOCC1. The van der Waals surface area contributed by atoms with Gasteiger partial charge in [0.1, 0.15) is 5.82 Å². The van der Waals surface area contributed by atoms with Crippen LogP contribution in [0, 0.1) is 0 Å². The molecule has 146 valence electrons. The zero-order valence-electron chi connectivity index (χ0n) is 16.4. The van der Waals surface area contributed by atoms with Gasteiger partial charge in [0, 0.05) is 56.5 Å². The molecule has 6 nitrogen and oxygen atoms in total. The van der Waals surface area contributed by atoms with Crippen LogP contribution in [0.1, 0.15) is 37.0 Å². The third kappa shape index (κ3) is 2.79. The summed E-state index contributed by atoms with van der Waals surface area (Å²) in [5, 5.41) is 0. The predicted molar refractivity (Wildman–Crippen MR) is 107 cm³/mol. The van der Waals surface area contributed by atoms with Crippen molar-refractivity contribution in [2.24, 2.45) is 0 Å². The van der Waals surface area contributed by atoms with E-state index < -0.39 is 0 Å². The fraction of sp³-hybridized carbons (Fsp3) is 0.455. The summed E-state index contributed by atoms with van der Waals surface area (Å²) < 4.78 is 10.3. The van der Waals surface area contributed by atoms with E-state index in [0.29, 0.717) is 0 Å². The van der Waals surface area contributed by atoms with E-state index in [0.717, 1.165) is 63.6 Å². The number of hydrogen-bond donors (Lipinski definition) is 0. The van der Waals surface area contributed by atoms with Gasteiger partial charge in [-0.3, -0.25) is 4.90 Å². The fourth-order valence-electron chi connectivity index (χ4n) is 4.87. The summed E-state index contributed by atoms with van der Waals surface area (Å²) in [6, 6.07) is 10.5. The second-order valence-corrected chi connectivity index (χ2v) is 7.69. The van der Waals surface area contributed by atoms with E-state index >= 15 is 0 Å². The lowest BCUT2D eigenvalue weighted by Crippen LogP contribution is -2.53. The van der Waals surface area contributed by atoms with Gasteiger partial charge in [0.15, 0.2) is 0 Å². The van der Waals surface area contributed by atoms with Crippen LogP contribution < -0.4 is 0 Å². The van der Waals surface area contributed by atoms with Crippen molar-refractivity contribution in [3.05, 3.63) is 66.3 Å². The highest BCUT2D eigenvalue weighted by molar-refractivity contribution is 5.33. The molecule has 1 fully saturated rings. The smallest absolute Gasteiger partial charge is 0.127 e. The number of rotatable bonds is 4. The summed E-state index contributed by atoms with van der Waals surface area (Å²) in [6.07, 6.45) is 9.01. The summed E-state index contributed by atoms with van der Waals surface area (Å²) in [6.45, 7) is 6.61. The van der Waals surface area contributed by atoms with Gasteiger partial charge in [-0.25, -0.2) is 9.97 Å². The van der Waals surface area contributed by atoms with Crippen LogP contribution >= 0.6 is 0 Å². The molecule has 1 spiro atoms. The summed E-state index contributed by atoms with van der Waals surface area (Å²) in [4.78, 5) is 12.2.